The van der Waals surface area contributed by atoms with Crippen LogP contribution in [0.1, 0.15) is 49.3 Å². The molecular weight excluding hydrogens is 308 g/mol. The highest BCUT2D eigenvalue weighted by Gasteiger charge is 2.40. The van der Waals surface area contributed by atoms with Crippen molar-refractivity contribution < 1.29 is 14.3 Å². The van der Waals surface area contributed by atoms with Gasteiger partial charge in [0, 0.05) is 26.7 Å². The van der Waals surface area contributed by atoms with Gasteiger partial charge in [0.15, 0.2) is 0 Å². The van der Waals surface area contributed by atoms with Crippen LogP contribution in [-0.4, -0.2) is 70.3 Å². The number of hydrogen-bond donors (Lipinski definition) is 0. The minimum Gasteiger partial charge on any atom is -0.366 e. The number of likely N-dealkylation sites (tertiary alicyclic amines) is 1. The zero-order valence-corrected chi connectivity index (χ0v) is 14.9. The molecule has 0 radical (unpaired) electrons. The van der Waals surface area contributed by atoms with Gasteiger partial charge < -0.3 is 14.5 Å². The van der Waals surface area contributed by atoms with Crippen molar-refractivity contribution in [3.8, 4) is 0 Å². The Kier molecular flexibility index (Phi) is 4.62. The minimum absolute atomic E-state index is 0.0128. The van der Waals surface area contributed by atoms with Crippen LogP contribution < -0.4 is 0 Å². The first kappa shape index (κ1) is 17.0. The van der Waals surface area contributed by atoms with E-state index in [-0.39, 0.29) is 36.5 Å². The van der Waals surface area contributed by atoms with Crippen LogP contribution in [-0.2, 0) is 16.1 Å². The van der Waals surface area contributed by atoms with Crippen LogP contribution in [0.15, 0.2) is 6.07 Å². The van der Waals surface area contributed by atoms with Gasteiger partial charge in [0.1, 0.15) is 12.3 Å². The Balaban J connectivity index is 1.79. The molecule has 2 aliphatic heterocycles. The third kappa shape index (κ3) is 2.92. The molecule has 0 bridgehead atoms. The summed E-state index contributed by atoms with van der Waals surface area (Å²) < 4.78 is 7.41. The molecule has 0 spiro atoms. The molecule has 3 heterocycles. The van der Waals surface area contributed by atoms with Crippen LogP contribution in [0.3, 0.4) is 0 Å². The Morgan fingerprint density at radius 2 is 2.21 bits per heavy atom. The third-order valence-electron chi connectivity index (χ3n) is 5.03. The van der Waals surface area contributed by atoms with Crippen molar-refractivity contribution in [2.45, 2.75) is 51.8 Å². The minimum atomic E-state index is -0.0634. The normalized spacial score (nSPS) is 24.5. The summed E-state index contributed by atoms with van der Waals surface area (Å²) in [6, 6.07) is 1.83. The molecule has 132 valence electrons. The highest BCUT2D eigenvalue weighted by Crippen LogP contribution is 2.24. The highest BCUT2D eigenvalue weighted by atomic mass is 16.5. The van der Waals surface area contributed by atoms with E-state index < -0.39 is 0 Å². The second-order valence-electron chi connectivity index (χ2n) is 6.89. The zero-order chi connectivity index (χ0) is 17.4. The van der Waals surface area contributed by atoms with Gasteiger partial charge in [-0.1, -0.05) is 13.8 Å². The monoisotopic (exact) mass is 334 g/mol. The van der Waals surface area contributed by atoms with E-state index in [1.165, 1.54) is 0 Å². The predicted molar refractivity (Wildman–Crippen MR) is 88.8 cm³/mol. The first-order chi connectivity index (χ1) is 11.4. The Bertz CT molecular complexity index is 640. The summed E-state index contributed by atoms with van der Waals surface area (Å²) in [5, 5.41) is 4.53. The summed E-state index contributed by atoms with van der Waals surface area (Å²) in [5.74, 6) is 0.248. The van der Waals surface area contributed by atoms with Crippen molar-refractivity contribution in [3.05, 3.63) is 17.5 Å². The number of morpholine rings is 1. The number of carbonyl (C=O) groups is 2. The van der Waals surface area contributed by atoms with E-state index in [0.717, 1.165) is 12.1 Å². The molecule has 2 aliphatic rings. The maximum Gasteiger partial charge on any atom is 0.272 e. The summed E-state index contributed by atoms with van der Waals surface area (Å²) in [6.45, 7) is 8.10. The Labute approximate surface area is 142 Å². The maximum atomic E-state index is 13.0. The number of amides is 2. The van der Waals surface area contributed by atoms with Gasteiger partial charge in [-0.15, -0.1) is 0 Å². The van der Waals surface area contributed by atoms with Gasteiger partial charge >= 0.3 is 0 Å². The first-order valence-electron chi connectivity index (χ1n) is 8.66. The van der Waals surface area contributed by atoms with E-state index in [1.807, 2.05) is 17.9 Å². The van der Waals surface area contributed by atoms with Crippen LogP contribution in [0, 0.1) is 0 Å². The maximum absolute atomic E-state index is 13.0. The lowest BCUT2D eigenvalue weighted by Crippen LogP contribution is -2.61. The zero-order valence-electron chi connectivity index (χ0n) is 14.9. The average molecular weight is 334 g/mol. The highest BCUT2D eigenvalue weighted by molar-refractivity contribution is 5.93. The molecule has 1 aromatic rings. The molecule has 2 amide bonds. The van der Waals surface area contributed by atoms with E-state index in [1.54, 1.807) is 16.6 Å². The largest absolute Gasteiger partial charge is 0.366 e. The van der Waals surface area contributed by atoms with Crippen LogP contribution >= 0.6 is 0 Å². The van der Waals surface area contributed by atoms with Gasteiger partial charge in [0.25, 0.3) is 5.91 Å². The number of rotatable bonds is 3. The molecule has 2 fully saturated rings. The quantitative estimate of drug-likeness (QED) is 0.830. The fraction of sp³-hybridized carbons (Fsp3) is 0.706. The molecule has 3 rings (SSSR count). The predicted octanol–water partition coefficient (Wildman–Crippen LogP) is 1.10. The lowest BCUT2D eigenvalue weighted by Gasteiger charge is -2.45. The number of hydrogen-bond acceptors (Lipinski definition) is 4. The number of fused-ring (bicyclic) bond motifs is 1. The molecular formula is C17H26N4O3. The summed E-state index contributed by atoms with van der Waals surface area (Å²) in [7, 11) is 1.80. The van der Waals surface area contributed by atoms with Gasteiger partial charge in [-0.2, -0.15) is 5.10 Å². The molecule has 0 saturated carbocycles. The van der Waals surface area contributed by atoms with Crippen molar-refractivity contribution in [1.29, 1.82) is 0 Å². The second-order valence-corrected chi connectivity index (χ2v) is 6.89. The number of ether oxygens (including phenoxy) is 1. The van der Waals surface area contributed by atoms with Crippen LogP contribution in [0.2, 0.25) is 0 Å². The SMILES string of the molecule is CCn1nc(C(C)C)cc1C(=O)N1CC[C@H]2OCC(=O)N(C)[C@H]2C1. The molecule has 2 atom stereocenters. The smallest absolute Gasteiger partial charge is 0.272 e. The van der Waals surface area contributed by atoms with E-state index in [9.17, 15) is 9.59 Å². The first-order valence-corrected chi connectivity index (χ1v) is 8.66. The Hall–Kier alpha value is -1.89. The van der Waals surface area contributed by atoms with Gasteiger partial charge in [-0.25, -0.2) is 0 Å². The standard InChI is InChI=1S/C17H26N4O3/c1-5-21-13(8-12(18-21)11(2)3)17(23)20-7-6-15-14(9-20)19(4)16(22)10-24-15/h8,11,14-15H,5-7,9-10H2,1-4H3/t14-,15+/m0/s1. The van der Waals surface area contributed by atoms with Gasteiger partial charge in [-0.3, -0.25) is 14.3 Å². The molecule has 2 saturated heterocycles. The topological polar surface area (TPSA) is 67.7 Å². The van der Waals surface area contributed by atoms with Gasteiger partial charge in [0.05, 0.1) is 17.8 Å². The number of aromatic nitrogens is 2. The van der Waals surface area contributed by atoms with Crippen LogP contribution in [0.5, 0.6) is 0 Å². The molecule has 24 heavy (non-hydrogen) atoms. The Morgan fingerprint density at radius 1 is 1.46 bits per heavy atom. The summed E-state index contributed by atoms with van der Waals surface area (Å²) in [6.07, 6.45) is 0.782. The van der Waals surface area contributed by atoms with Gasteiger partial charge in [-0.05, 0) is 25.3 Å². The molecule has 1 aromatic heterocycles. The Morgan fingerprint density at radius 3 is 2.88 bits per heavy atom. The van der Waals surface area contributed by atoms with Crippen molar-refractivity contribution >= 4 is 11.8 Å². The molecule has 0 aromatic carbocycles. The number of carbonyl (C=O) groups excluding carboxylic acids is 2. The summed E-state index contributed by atoms with van der Waals surface area (Å²) in [5.41, 5.74) is 1.56. The fourth-order valence-corrected chi connectivity index (χ4v) is 3.42. The average Bonchev–Trinajstić information content (AvgIpc) is 3.02. The van der Waals surface area contributed by atoms with E-state index in [0.29, 0.717) is 25.3 Å². The van der Waals surface area contributed by atoms with Crippen LogP contribution in [0.4, 0.5) is 0 Å². The number of piperidine rings is 1. The molecule has 7 nitrogen and oxygen atoms in total. The van der Waals surface area contributed by atoms with Crippen molar-refractivity contribution in [2.24, 2.45) is 0 Å². The van der Waals surface area contributed by atoms with E-state index >= 15 is 0 Å². The number of nitrogens with zero attached hydrogens (tertiary/aromatic N) is 4. The lowest BCUT2D eigenvalue weighted by atomic mass is 9.98. The van der Waals surface area contributed by atoms with Crippen molar-refractivity contribution in [1.82, 2.24) is 19.6 Å². The molecule has 7 heteroatoms. The van der Waals surface area contributed by atoms with E-state index in [4.69, 9.17) is 4.74 Å². The summed E-state index contributed by atoms with van der Waals surface area (Å²) in [4.78, 5) is 28.4. The number of aryl methyl sites for hydroxylation is 1. The summed E-state index contributed by atoms with van der Waals surface area (Å²) >= 11 is 0. The molecule has 0 unspecified atom stereocenters. The second kappa shape index (κ2) is 6.55. The van der Waals surface area contributed by atoms with Crippen molar-refractivity contribution in [3.63, 3.8) is 0 Å². The van der Waals surface area contributed by atoms with Gasteiger partial charge in [0.2, 0.25) is 5.91 Å². The van der Waals surface area contributed by atoms with Crippen LogP contribution in [0.25, 0.3) is 0 Å². The lowest BCUT2D eigenvalue weighted by molar-refractivity contribution is -0.159. The third-order valence-corrected chi connectivity index (χ3v) is 5.03. The van der Waals surface area contributed by atoms with E-state index in [2.05, 4.69) is 18.9 Å². The van der Waals surface area contributed by atoms with Crippen molar-refractivity contribution in [2.75, 3.05) is 26.7 Å². The molecule has 0 aliphatic carbocycles. The fourth-order valence-electron chi connectivity index (χ4n) is 3.42. The number of likely N-dealkylation sites (N-methyl/N-ethyl adjacent to an activating group) is 1. The molecule has 0 N–H and O–H groups in total.